The Morgan fingerprint density at radius 2 is 2.21 bits per heavy atom. The van der Waals surface area contributed by atoms with Crippen LogP contribution in [0.3, 0.4) is 0 Å². The van der Waals surface area contributed by atoms with E-state index in [4.69, 9.17) is 0 Å². The molecule has 2 aliphatic carbocycles. The van der Waals surface area contributed by atoms with Gasteiger partial charge in [-0.2, -0.15) is 5.10 Å². The Morgan fingerprint density at radius 1 is 1.47 bits per heavy atom. The van der Waals surface area contributed by atoms with Crippen molar-refractivity contribution in [3.8, 4) is 0 Å². The second kappa shape index (κ2) is 4.86. The molecule has 2 fully saturated rings. The largest absolute Gasteiger partial charge is 0.396 e. The molecule has 0 amide bonds. The van der Waals surface area contributed by atoms with E-state index in [1.165, 1.54) is 19.3 Å². The van der Waals surface area contributed by atoms with Gasteiger partial charge in [0, 0.05) is 30.8 Å². The third-order valence-corrected chi connectivity index (χ3v) is 5.52. The van der Waals surface area contributed by atoms with Gasteiger partial charge in [-0.1, -0.05) is 6.42 Å². The smallest absolute Gasteiger partial charge is 0.0779 e. The molecule has 1 unspecified atom stereocenters. The van der Waals surface area contributed by atoms with Crippen LogP contribution in [-0.4, -0.2) is 34.1 Å². The third-order valence-electron chi connectivity index (χ3n) is 5.11. The summed E-state index contributed by atoms with van der Waals surface area (Å²) in [5, 5.41) is 17.6. The number of nitrogens with one attached hydrogen (secondary N) is 1. The summed E-state index contributed by atoms with van der Waals surface area (Å²) in [5.41, 5.74) is 0.293. The lowest BCUT2D eigenvalue weighted by Crippen LogP contribution is -2.49. The van der Waals surface area contributed by atoms with Crippen molar-refractivity contribution in [2.45, 2.75) is 50.6 Å². The van der Waals surface area contributed by atoms with Crippen LogP contribution in [0.25, 0.3) is 0 Å². The molecule has 1 aromatic rings. The lowest BCUT2D eigenvalue weighted by atomic mass is 9.69. The zero-order valence-corrected chi connectivity index (χ0v) is 13.0. The second-order valence-electron chi connectivity index (χ2n) is 6.32. The molecule has 2 saturated carbocycles. The molecule has 0 bridgehead atoms. The molecule has 4 nitrogen and oxygen atoms in total. The number of aromatic nitrogens is 2. The summed E-state index contributed by atoms with van der Waals surface area (Å²) < 4.78 is 3.14. The fourth-order valence-electron chi connectivity index (χ4n) is 3.16. The number of hydrogen-bond donors (Lipinski definition) is 2. The Hall–Kier alpha value is -0.390. The van der Waals surface area contributed by atoms with Gasteiger partial charge in [0.1, 0.15) is 0 Å². The fourth-order valence-corrected chi connectivity index (χ4v) is 3.45. The maximum atomic E-state index is 9.52. The molecular weight excluding hydrogens is 306 g/mol. The molecule has 5 heteroatoms. The summed E-state index contributed by atoms with van der Waals surface area (Å²) >= 11 is 3.47. The quantitative estimate of drug-likeness (QED) is 0.842. The predicted molar refractivity (Wildman–Crippen MR) is 78.0 cm³/mol. The second-order valence-corrected chi connectivity index (χ2v) is 7.24. The van der Waals surface area contributed by atoms with Crippen LogP contribution in [0, 0.1) is 5.41 Å². The van der Waals surface area contributed by atoms with Crippen molar-refractivity contribution < 1.29 is 5.11 Å². The van der Waals surface area contributed by atoms with E-state index in [9.17, 15) is 5.11 Å². The lowest BCUT2D eigenvalue weighted by molar-refractivity contribution is 0.0399. The molecule has 19 heavy (non-hydrogen) atoms. The number of halogens is 1. The van der Waals surface area contributed by atoms with Crippen molar-refractivity contribution in [3.05, 3.63) is 16.9 Å². The van der Waals surface area contributed by atoms with Crippen LogP contribution in [0.2, 0.25) is 0 Å². The Labute approximate surface area is 122 Å². The van der Waals surface area contributed by atoms with E-state index in [2.05, 4.69) is 44.1 Å². The maximum absolute atomic E-state index is 9.52. The van der Waals surface area contributed by atoms with Gasteiger partial charge in [-0.25, -0.2) is 0 Å². The Balaban J connectivity index is 1.62. The molecule has 0 aliphatic heterocycles. The van der Waals surface area contributed by atoms with Crippen molar-refractivity contribution in [2.24, 2.45) is 5.41 Å². The molecule has 2 aliphatic rings. The molecular formula is C14H22BrN3O. The number of nitrogens with zero attached hydrogens (tertiary/aromatic N) is 2. The minimum Gasteiger partial charge on any atom is -0.396 e. The topological polar surface area (TPSA) is 50.1 Å². The van der Waals surface area contributed by atoms with Crippen LogP contribution in [0.5, 0.6) is 0 Å². The van der Waals surface area contributed by atoms with Gasteiger partial charge in [0.25, 0.3) is 0 Å². The van der Waals surface area contributed by atoms with E-state index in [1.807, 2.05) is 6.20 Å². The van der Waals surface area contributed by atoms with E-state index < -0.39 is 0 Å². The van der Waals surface area contributed by atoms with E-state index >= 15 is 0 Å². The standard InChI is InChI=1S/C14H22BrN3O/c1-11(16-9-13(10-19)3-2-4-13)14(5-6-14)18-8-12(15)7-17-18/h7-8,11,16,19H,2-6,9-10H2,1H3. The van der Waals surface area contributed by atoms with Crippen molar-refractivity contribution >= 4 is 15.9 Å². The Kier molecular flexibility index (Phi) is 3.48. The Bertz CT molecular complexity index is 446. The van der Waals surface area contributed by atoms with Crippen LogP contribution >= 0.6 is 15.9 Å². The molecule has 106 valence electrons. The van der Waals surface area contributed by atoms with Gasteiger partial charge >= 0.3 is 0 Å². The molecule has 1 aromatic heterocycles. The first-order chi connectivity index (χ1) is 9.10. The number of hydrogen-bond acceptors (Lipinski definition) is 3. The average molecular weight is 328 g/mol. The van der Waals surface area contributed by atoms with E-state index in [1.54, 1.807) is 0 Å². The first-order valence-corrected chi connectivity index (χ1v) is 7.95. The molecule has 0 radical (unpaired) electrons. The van der Waals surface area contributed by atoms with Crippen LogP contribution in [0.1, 0.15) is 39.0 Å². The zero-order valence-electron chi connectivity index (χ0n) is 11.4. The van der Waals surface area contributed by atoms with Crippen molar-refractivity contribution in [1.29, 1.82) is 0 Å². The Morgan fingerprint density at radius 3 is 2.63 bits per heavy atom. The summed E-state index contributed by atoms with van der Waals surface area (Å²) in [6.07, 6.45) is 9.86. The van der Waals surface area contributed by atoms with Crippen LogP contribution in [-0.2, 0) is 5.54 Å². The van der Waals surface area contributed by atoms with Gasteiger partial charge in [0.2, 0.25) is 0 Å². The molecule has 2 N–H and O–H groups in total. The molecule has 1 heterocycles. The van der Waals surface area contributed by atoms with Gasteiger partial charge in [-0.15, -0.1) is 0 Å². The highest BCUT2D eigenvalue weighted by molar-refractivity contribution is 9.10. The highest BCUT2D eigenvalue weighted by Crippen LogP contribution is 2.47. The van der Waals surface area contributed by atoms with Crippen molar-refractivity contribution in [1.82, 2.24) is 15.1 Å². The average Bonchev–Trinajstić information content (AvgIpc) is 3.06. The summed E-state index contributed by atoms with van der Waals surface area (Å²) in [6.45, 7) is 3.48. The van der Waals surface area contributed by atoms with Gasteiger partial charge in [0.05, 0.1) is 16.2 Å². The van der Waals surface area contributed by atoms with Crippen LogP contribution < -0.4 is 5.32 Å². The highest BCUT2D eigenvalue weighted by Gasteiger charge is 2.50. The van der Waals surface area contributed by atoms with E-state index in [-0.39, 0.29) is 11.0 Å². The lowest BCUT2D eigenvalue weighted by Gasteiger charge is -2.42. The van der Waals surface area contributed by atoms with Crippen LogP contribution in [0.4, 0.5) is 0 Å². The molecule has 0 spiro atoms. The first-order valence-electron chi connectivity index (χ1n) is 7.15. The number of aliphatic hydroxyl groups is 1. The van der Waals surface area contributed by atoms with Gasteiger partial charge in [-0.3, -0.25) is 4.68 Å². The summed E-state index contributed by atoms with van der Waals surface area (Å²) in [5.74, 6) is 0. The SMILES string of the molecule is CC(NCC1(CO)CCC1)C1(n2cc(Br)cn2)CC1. The normalized spacial score (nSPS) is 24.8. The third kappa shape index (κ3) is 2.36. The first kappa shape index (κ1) is 13.6. The fraction of sp³-hybridized carbons (Fsp3) is 0.786. The molecule has 0 aromatic carbocycles. The molecule has 3 rings (SSSR count). The predicted octanol–water partition coefficient (Wildman–Crippen LogP) is 2.28. The zero-order chi connectivity index (χ0) is 13.5. The monoisotopic (exact) mass is 327 g/mol. The van der Waals surface area contributed by atoms with Gasteiger partial charge in [0.15, 0.2) is 0 Å². The van der Waals surface area contributed by atoms with Crippen LogP contribution in [0.15, 0.2) is 16.9 Å². The maximum Gasteiger partial charge on any atom is 0.0779 e. The molecule has 1 atom stereocenters. The van der Waals surface area contributed by atoms with E-state index in [0.717, 1.165) is 23.9 Å². The number of aliphatic hydroxyl groups excluding tert-OH is 1. The summed E-state index contributed by atoms with van der Waals surface area (Å²) in [4.78, 5) is 0. The minimum absolute atomic E-state index is 0.145. The summed E-state index contributed by atoms with van der Waals surface area (Å²) in [7, 11) is 0. The minimum atomic E-state index is 0.145. The highest BCUT2D eigenvalue weighted by atomic mass is 79.9. The van der Waals surface area contributed by atoms with Crippen molar-refractivity contribution in [3.63, 3.8) is 0 Å². The molecule has 0 saturated heterocycles. The van der Waals surface area contributed by atoms with E-state index in [0.29, 0.717) is 12.6 Å². The van der Waals surface area contributed by atoms with Crippen molar-refractivity contribution in [2.75, 3.05) is 13.2 Å². The summed E-state index contributed by atoms with van der Waals surface area (Å²) in [6, 6.07) is 0.392. The number of rotatable bonds is 6. The van der Waals surface area contributed by atoms with Gasteiger partial charge in [-0.05, 0) is 48.5 Å². The van der Waals surface area contributed by atoms with Gasteiger partial charge < -0.3 is 10.4 Å².